The number of halogens is 2. The second-order valence-electron chi connectivity index (χ2n) is 4.28. The van der Waals surface area contributed by atoms with Crippen molar-refractivity contribution in [2.45, 2.75) is 20.3 Å². The zero-order valence-corrected chi connectivity index (χ0v) is 11.7. The van der Waals surface area contributed by atoms with Crippen LogP contribution >= 0.6 is 15.9 Å². The number of aryl methyl sites for hydroxylation is 1. The van der Waals surface area contributed by atoms with Crippen LogP contribution in [-0.2, 0) is 0 Å². The third-order valence-corrected chi connectivity index (χ3v) is 3.04. The Kier molecular flexibility index (Phi) is 5.62. The van der Waals surface area contributed by atoms with Gasteiger partial charge in [0.25, 0.3) is 5.91 Å². The van der Waals surface area contributed by atoms with Gasteiger partial charge in [-0.05, 0) is 37.0 Å². The topological polar surface area (TPSA) is 29.1 Å². The van der Waals surface area contributed by atoms with Crippen molar-refractivity contribution < 1.29 is 9.18 Å². The fraction of sp³-hybridized carbons (Fsp3) is 0.462. The molecule has 0 spiro atoms. The molecule has 0 fully saturated rings. The van der Waals surface area contributed by atoms with E-state index in [1.807, 2.05) is 6.92 Å². The lowest BCUT2D eigenvalue weighted by Gasteiger charge is -2.11. The third-order valence-electron chi connectivity index (χ3n) is 2.58. The van der Waals surface area contributed by atoms with Gasteiger partial charge in [-0.3, -0.25) is 4.79 Å². The van der Waals surface area contributed by atoms with Crippen LogP contribution in [-0.4, -0.2) is 17.8 Å². The van der Waals surface area contributed by atoms with E-state index in [2.05, 4.69) is 21.2 Å². The summed E-state index contributed by atoms with van der Waals surface area (Å²) in [6.45, 7) is 4.41. The molecular weight excluding hydrogens is 285 g/mol. The highest BCUT2D eigenvalue weighted by molar-refractivity contribution is 9.09. The number of hydrogen-bond donors (Lipinski definition) is 1. The van der Waals surface area contributed by atoms with Gasteiger partial charge in [0.15, 0.2) is 0 Å². The smallest absolute Gasteiger partial charge is 0.254 e. The molecule has 1 atom stereocenters. The summed E-state index contributed by atoms with van der Waals surface area (Å²) in [7, 11) is 0. The van der Waals surface area contributed by atoms with E-state index < -0.39 is 5.82 Å². The summed E-state index contributed by atoms with van der Waals surface area (Å²) in [5, 5.41) is 3.65. The Morgan fingerprint density at radius 1 is 1.53 bits per heavy atom. The SMILES string of the molecule is Cc1ccc(C(=O)NCC(C)CCBr)c(F)c1. The molecule has 94 valence electrons. The largest absolute Gasteiger partial charge is 0.352 e. The molecule has 1 amide bonds. The Bertz CT molecular complexity index is 395. The molecule has 0 aliphatic heterocycles. The molecule has 1 aromatic rings. The maximum atomic E-state index is 13.5. The second kappa shape index (κ2) is 6.74. The van der Waals surface area contributed by atoms with Crippen LogP contribution in [0.2, 0.25) is 0 Å². The average Bonchev–Trinajstić information content (AvgIpc) is 2.26. The van der Waals surface area contributed by atoms with Gasteiger partial charge in [0.05, 0.1) is 5.56 Å². The summed E-state index contributed by atoms with van der Waals surface area (Å²) in [5.41, 5.74) is 0.924. The lowest BCUT2D eigenvalue weighted by Crippen LogP contribution is -2.29. The normalized spacial score (nSPS) is 12.2. The van der Waals surface area contributed by atoms with E-state index in [9.17, 15) is 9.18 Å². The van der Waals surface area contributed by atoms with E-state index in [0.717, 1.165) is 17.3 Å². The average molecular weight is 302 g/mol. The van der Waals surface area contributed by atoms with Gasteiger partial charge in [0.2, 0.25) is 0 Å². The van der Waals surface area contributed by atoms with E-state index in [1.54, 1.807) is 13.0 Å². The van der Waals surface area contributed by atoms with Gasteiger partial charge in [-0.25, -0.2) is 4.39 Å². The summed E-state index contributed by atoms with van der Waals surface area (Å²) >= 11 is 3.35. The first-order valence-corrected chi connectivity index (χ1v) is 6.77. The Hall–Kier alpha value is -0.900. The van der Waals surface area contributed by atoms with Crippen LogP contribution in [0.4, 0.5) is 4.39 Å². The van der Waals surface area contributed by atoms with Crippen LogP contribution in [0.3, 0.4) is 0 Å². The van der Waals surface area contributed by atoms with Gasteiger partial charge in [-0.1, -0.05) is 28.9 Å². The molecule has 0 saturated heterocycles. The van der Waals surface area contributed by atoms with Crippen molar-refractivity contribution in [3.63, 3.8) is 0 Å². The molecule has 0 bridgehead atoms. The lowest BCUT2D eigenvalue weighted by atomic mass is 10.1. The molecule has 0 heterocycles. The number of amides is 1. The van der Waals surface area contributed by atoms with Crippen LogP contribution in [0.25, 0.3) is 0 Å². The van der Waals surface area contributed by atoms with Crippen LogP contribution in [0.15, 0.2) is 18.2 Å². The number of carbonyl (C=O) groups is 1. The number of rotatable bonds is 5. The number of hydrogen-bond acceptors (Lipinski definition) is 1. The molecule has 1 N–H and O–H groups in total. The zero-order chi connectivity index (χ0) is 12.8. The monoisotopic (exact) mass is 301 g/mol. The Balaban J connectivity index is 2.58. The van der Waals surface area contributed by atoms with Gasteiger partial charge < -0.3 is 5.32 Å². The molecule has 0 saturated carbocycles. The van der Waals surface area contributed by atoms with E-state index in [0.29, 0.717) is 12.5 Å². The maximum Gasteiger partial charge on any atom is 0.254 e. The standard InChI is InChI=1S/C13H17BrFNO/c1-9-3-4-11(12(15)7-9)13(17)16-8-10(2)5-6-14/h3-4,7,10H,5-6,8H2,1-2H3,(H,16,17). The summed E-state index contributed by atoms with van der Waals surface area (Å²) in [4.78, 5) is 11.7. The van der Waals surface area contributed by atoms with Crippen LogP contribution in [0.1, 0.15) is 29.3 Å². The molecule has 4 heteroatoms. The summed E-state index contributed by atoms with van der Waals surface area (Å²) < 4.78 is 13.5. The van der Waals surface area contributed by atoms with Crippen molar-refractivity contribution in [3.05, 3.63) is 35.1 Å². The van der Waals surface area contributed by atoms with Crippen molar-refractivity contribution in [2.75, 3.05) is 11.9 Å². The highest BCUT2D eigenvalue weighted by Gasteiger charge is 2.12. The van der Waals surface area contributed by atoms with Crippen molar-refractivity contribution in [1.82, 2.24) is 5.32 Å². The molecule has 1 aromatic carbocycles. The molecule has 1 unspecified atom stereocenters. The van der Waals surface area contributed by atoms with E-state index in [1.165, 1.54) is 12.1 Å². The van der Waals surface area contributed by atoms with Gasteiger partial charge in [0, 0.05) is 11.9 Å². The van der Waals surface area contributed by atoms with Crippen molar-refractivity contribution >= 4 is 21.8 Å². The summed E-state index contributed by atoms with van der Waals surface area (Å²) in [6, 6.07) is 4.63. The highest BCUT2D eigenvalue weighted by atomic mass is 79.9. The van der Waals surface area contributed by atoms with Crippen molar-refractivity contribution in [1.29, 1.82) is 0 Å². The fourth-order valence-electron chi connectivity index (χ4n) is 1.45. The van der Waals surface area contributed by atoms with E-state index >= 15 is 0 Å². The van der Waals surface area contributed by atoms with Crippen molar-refractivity contribution in [2.24, 2.45) is 5.92 Å². The fourth-order valence-corrected chi connectivity index (χ4v) is 2.24. The summed E-state index contributed by atoms with van der Waals surface area (Å²) in [6.07, 6.45) is 0.983. The molecular formula is C13H17BrFNO. The van der Waals surface area contributed by atoms with Crippen molar-refractivity contribution in [3.8, 4) is 0 Å². The molecule has 0 radical (unpaired) electrons. The quantitative estimate of drug-likeness (QED) is 0.831. The minimum Gasteiger partial charge on any atom is -0.352 e. The Morgan fingerprint density at radius 2 is 2.24 bits per heavy atom. The molecule has 0 aliphatic carbocycles. The van der Waals surface area contributed by atoms with Gasteiger partial charge in [-0.2, -0.15) is 0 Å². The minimum atomic E-state index is -0.462. The lowest BCUT2D eigenvalue weighted by molar-refractivity contribution is 0.0944. The van der Waals surface area contributed by atoms with Gasteiger partial charge >= 0.3 is 0 Å². The first-order valence-electron chi connectivity index (χ1n) is 5.65. The van der Waals surface area contributed by atoms with Crippen LogP contribution < -0.4 is 5.32 Å². The number of alkyl halides is 1. The number of nitrogens with one attached hydrogen (secondary N) is 1. The predicted molar refractivity (Wildman–Crippen MR) is 71.0 cm³/mol. The van der Waals surface area contributed by atoms with E-state index in [4.69, 9.17) is 0 Å². The highest BCUT2D eigenvalue weighted by Crippen LogP contribution is 2.10. The van der Waals surface area contributed by atoms with Crippen LogP contribution in [0, 0.1) is 18.7 Å². The predicted octanol–water partition coefficient (Wildman–Crippen LogP) is 3.29. The Morgan fingerprint density at radius 3 is 2.82 bits per heavy atom. The zero-order valence-electron chi connectivity index (χ0n) is 10.1. The second-order valence-corrected chi connectivity index (χ2v) is 5.07. The number of benzene rings is 1. The molecule has 17 heavy (non-hydrogen) atoms. The Labute approximate surface area is 110 Å². The molecule has 2 nitrogen and oxygen atoms in total. The molecule has 0 aliphatic rings. The number of carbonyl (C=O) groups excluding carboxylic acids is 1. The molecule has 0 aromatic heterocycles. The first kappa shape index (κ1) is 14.2. The van der Waals surface area contributed by atoms with Gasteiger partial charge in [0.1, 0.15) is 5.82 Å². The van der Waals surface area contributed by atoms with Crippen LogP contribution in [0.5, 0.6) is 0 Å². The van der Waals surface area contributed by atoms with E-state index in [-0.39, 0.29) is 11.5 Å². The maximum absolute atomic E-state index is 13.5. The summed E-state index contributed by atoms with van der Waals surface area (Å²) in [5.74, 6) is -0.425. The van der Waals surface area contributed by atoms with Gasteiger partial charge in [-0.15, -0.1) is 0 Å². The third kappa shape index (κ3) is 4.46. The molecule has 1 rings (SSSR count). The first-order chi connectivity index (χ1) is 8.04. The minimum absolute atomic E-state index is 0.113.